The third-order valence-corrected chi connectivity index (χ3v) is 7.03. The molecule has 2 fully saturated rings. The largest absolute Gasteiger partial charge is 0.465 e. The Labute approximate surface area is 250 Å². The zero-order valence-electron chi connectivity index (χ0n) is 25.1. The number of ether oxygens (including phenoxy) is 7. The molecule has 0 aliphatic carbocycles. The third kappa shape index (κ3) is 9.45. The second kappa shape index (κ2) is 15.8. The molecule has 0 saturated carbocycles. The van der Waals surface area contributed by atoms with Gasteiger partial charge in [0, 0.05) is 53.2 Å². The second-order valence-corrected chi connectivity index (χ2v) is 10.3. The van der Waals surface area contributed by atoms with Crippen molar-refractivity contribution in [3.05, 3.63) is 35.9 Å². The first kappa shape index (κ1) is 33.9. The van der Waals surface area contributed by atoms with Gasteiger partial charge in [0.2, 0.25) is 5.91 Å². The molecule has 6 atom stereocenters. The fraction of sp³-hybridized carbons (Fsp3) is 0.621. The molecule has 2 aliphatic rings. The van der Waals surface area contributed by atoms with Crippen LogP contribution < -0.4 is 5.32 Å². The van der Waals surface area contributed by atoms with E-state index in [9.17, 15) is 24.0 Å². The van der Waals surface area contributed by atoms with Gasteiger partial charge in [0.1, 0.15) is 12.7 Å². The number of nitrogens with zero attached hydrogens (tertiary/aromatic N) is 1. The summed E-state index contributed by atoms with van der Waals surface area (Å²) in [5.41, 5.74) is 0.738. The van der Waals surface area contributed by atoms with Gasteiger partial charge in [0.15, 0.2) is 12.2 Å². The van der Waals surface area contributed by atoms with Crippen LogP contribution in [-0.4, -0.2) is 111 Å². The number of hydrogen-bond acceptors (Lipinski definition) is 13. The van der Waals surface area contributed by atoms with E-state index in [0.717, 1.165) is 26.3 Å². The Morgan fingerprint density at radius 2 is 1.63 bits per heavy atom. The standard InChI is InChI=1S/C29H40N2O12/c1-18(32)30-25-23(31-11-13-38-14-12-31)15-29(28(36)37-5,40-16-22-9-7-6-8-10-22)43-27(25)26(42-21(4)35)24(41-20(3)34)17-39-19(2)33/h6-10,23-27H,11-17H2,1-5H3,(H,30,32)/t23-,24+,25+,26+,27+,29+/m0/s1. The van der Waals surface area contributed by atoms with Gasteiger partial charge in [-0.1, -0.05) is 30.3 Å². The maximum absolute atomic E-state index is 13.6. The molecular formula is C29H40N2O12. The van der Waals surface area contributed by atoms with Gasteiger partial charge in [-0.15, -0.1) is 0 Å². The number of morpholine rings is 1. The van der Waals surface area contributed by atoms with Crippen molar-refractivity contribution >= 4 is 29.8 Å². The summed E-state index contributed by atoms with van der Waals surface area (Å²) in [6, 6.07) is 7.52. The summed E-state index contributed by atoms with van der Waals surface area (Å²) >= 11 is 0. The van der Waals surface area contributed by atoms with Crippen LogP contribution in [0.25, 0.3) is 0 Å². The Kier molecular flexibility index (Phi) is 12.4. The van der Waals surface area contributed by atoms with Gasteiger partial charge in [-0.25, -0.2) is 4.79 Å². The Hall–Kier alpha value is -3.59. The van der Waals surface area contributed by atoms with Crippen molar-refractivity contribution in [2.75, 3.05) is 40.0 Å². The zero-order valence-corrected chi connectivity index (χ0v) is 25.1. The maximum atomic E-state index is 13.6. The van der Waals surface area contributed by atoms with Crippen LogP contribution in [0.4, 0.5) is 0 Å². The van der Waals surface area contributed by atoms with Crippen molar-refractivity contribution in [2.24, 2.45) is 0 Å². The molecule has 0 unspecified atom stereocenters. The number of benzene rings is 1. The van der Waals surface area contributed by atoms with Crippen molar-refractivity contribution in [1.82, 2.24) is 10.2 Å². The van der Waals surface area contributed by atoms with E-state index in [1.807, 2.05) is 35.2 Å². The molecular weight excluding hydrogens is 568 g/mol. The van der Waals surface area contributed by atoms with E-state index in [4.69, 9.17) is 33.2 Å². The van der Waals surface area contributed by atoms with E-state index in [0.29, 0.717) is 26.3 Å². The van der Waals surface area contributed by atoms with Gasteiger partial charge < -0.3 is 38.5 Å². The first-order valence-electron chi connectivity index (χ1n) is 14.0. The molecule has 0 radical (unpaired) electrons. The summed E-state index contributed by atoms with van der Waals surface area (Å²) in [7, 11) is 1.18. The minimum Gasteiger partial charge on any atom is -0.465 e. The number of carbonyl (C=O) groups excluding carboxylic acids is 5. The molecule has 43 heavy (non-hydrogen) atoms. The van der Waals surface area contributed by atoms with Crippen LogP contribution in [-0.2, 0) is 63.7 Å². The van der Waals surface area contributed by atoms with Crippen LogP contribution >= 0.6 is 0 Å². The van der Waals surface area contributed by atoms with Crippen molar-refractivity contribution in [1.29, 1.82) is 0 Å². The van der Waals surface area contributed by atoms with Crippen LogP contribution in [0.2, 0.25) is 0 Å². The molecule has 2 saturated heterocycles. The quantitative estimate of drug-likeness (QED) is 0.258. The Bertz CT molecular complexity index is 1130. The monoisotopic (exact) mass is 608 g/mol. The van der Waals surface area contributed by atoms with Gasteiger partial charge in [-0.05, 0) is 5.56 Å². The SMILES string of the molecule is COC(=O)[C@@]1(OCc2ccccc2)C[C@H](N2CCOCC2)[C@@H](NC(C)=O)[C@H]([C@H](OC(C)=O)[C@@H](COC(C)=O)OC(C)=O)O1. The van der Waals surface area contributed by atoms with Gasteiger partial charge in [0.25, 0.3) is 5.79 Å². The summed E-state index contributed by atoms with van der Waals surface area (Å²) in [6.45, 7) is 5.87. The van der Waals surface area contributed by atoms with E-state index in [1.165, 1.54) is 14.0 Å². The molecule has 2 heterocycles. The second-order valence-electron chi connectivity index (χ2n) is 10.3. The number of hydrogen-bond donors (Lipinski definition) is 1. The summed E-state index contributed by atoms with van der Waals surface area (Å²) in [5, 5.41) is 2.88. The number of rotatable bonds is 12. The Balaban J connectivity index is 2.17. The molecule has 1 aromatic carbocycles. The van der Waals surface area contributed by atoms with Gasteiger partial charge >= 0.3 is 23.9 Å². The summed E-state index contributed by atoms with van der Waals surface area (Å²) < 4.78 is 39.6. The van der Waals surface area contributed by atoms with E-state index in [2.05, 4.69) is 5.32 Å². The molecule has 1 amide bonds. The van der Waals surface area contributed by atoms with Crippen LogP contribution in [0.3, 0.4) is 0 Å². The number of esters is 4. The van der Waals surface area contributed by atoms with Crippen molar-refractivity contribution in [3.63, 3.8) is 0 Å². The first-order chi connectivity index (χ1) is 20.5. The topological polar surface area (TPSA) is 165 Å². The number of methoxy groups -OCH3 is 1. The average molecular weight is 609 g/mol. The highest BCUT2D eigenvalue weighted by molar-refractivity contribution is 5.78. The summed E-state index contributed by atoms with van der Waals surface area (Å²) in [6.07, 6.45) is -4.28. The molecule has 2 aliphatic heterocycles. The summed E-state index contributed by atoms with van der Waals surface area (Å²) in [4.78, 5) is 64.4. The van der Waals surface area contributed by atoms with Crippen LogP contribution in [0.5, 0.6) is 0 Å². The molecule has 0 spiro atoms. The zero-order chi connectivity index (χ0) is 31.6. The average Bonchev–Trinajstić information content (AvgIpc) is 2.97. The van der Waals surface area contributed by atoms with Crippen molar-refractivity contribution < 1.29 is 57.1 Å². The summed E-state index contributed by atoms with van der Waals surface area (Å²) in [5.74, 6) is -5.56. The maximum Gasteiger partial charge on any atom is 0.366 e. The molecule has 1 aromatic rings. The number of carbonyl (C=O) groups is 5. The molecule has 0 aromatic heterocycles. The highest BCUT2D eigenvalue weighted by Gasteiger charge is 2.59. The lowest BCUT2D eigenvalue weighted by atomic mass is 9.85. The molecule has 14 heteroatoms. The van der Waals surface area contributed by atoms with Gasteiger partial charge in [-0.2, -0.15) is 0 Å². The normalized spacial score (nSPS) is 25.5. The lowest BCUT2D eigenvalue weighted by Crippen LogP contribution is -2.72. The van der Waals surface area contributed by atoms with Crippen LogP contribution in [0.15, 0.2) is 30.3 Å². The molecule has 3 rings (SSSR count). The fourth-order valence-electron chi connectivity index (χ4n) is 5.28. The van der Waals surface area contributed by atoms with E-state index in [1.54, 1.807) is 0 Å². The van der Waals surface area contributed by atoms with E-state index < -0.39 is 72.6 Å². The minimum absolute atomic E-state index is 0.0532. The molecule has 0 bridgehead atoms. The molecule has 14 nitrogen and oxygen atoms in total. The van der Waals surface area contributed by atoms with Gasteiger partial charge in [0.05, 0.1) is 33.0 Å². The third-order valence-electron chi connectivity index (χ3n) is 7.03. The lowest BCUT2D eigenvalue weighted by molar-refractivity contribution is -0.313. The number of nitrogens with one attached hydrogen (secondary N) is 1. The van der Waals surface area contributed by atoms with Crippen molar-refractivity contribution in [3.8, 4) is 0 Å². The predicted octanol–water partition coefficient (Wildman–Crippen LogP) is 0.493. The lowest BCUT2D eigenvalue weighted by Gasteiger charge is -2.52. The predicted molar refractivity (Wildman–Crippen MR) is 147 cm³/mol. The van der Waals surface area contributed by atoms with E-state index in [-0.39, 0.29) is 13.0 Å². The highest BCUT2D eigenvalue weighted by Crippen LogP contribution is 2.38. The van der Waals surface area contributed by atoms with Crippen LogP contribution in [0, 0.1) is 0 Å². The molecule has 1 N–H and O–H groups in total. The Morgan fingerprint density at radius 3 is 2.19 bits per heavy atom. The van der Waals surface area contributed by atoms with Crippen LogP contribution in [0.1, 0.15) is 39.7 Å². The minimum atomic E-state index is -2.05. The fourth-order valence-corrected chi connectivity index (χ4v) is 5.28. The Morgan fingerprint density at radius 1 is 0.977 bits per heavy atom. The highest BCUT2D eigenvalue weighted by atomic mass is 16.7. The number of amides is 1. The van der Waals surface area contributed by atoms with Gasteiger partial charge in [-0.3, -0.25) is 24.1 Å². The molecule has 238 valence electrons. The first-order valence-corrected chi connectivity index (χ1v) is 14.0. The van der Waals surface area contributed by atoms with Crippen molar-refractivity contribution in [2.45, 2.75) is 76.9 Å². The smallest absolute Gasteiger partial charge is 0.366 e. The van der Waals surface area contributed by atoms with E-state index >= 15 is 0 Å².